The highest BCUT2D eigenvalue weighted by Crippen LogP contribution is 2.40. The highest BCUT2D eigenvalue weighted by molar-refractivity contribution is 9.11. The predicted octanol–water partition coefficient (Wildman–Crippen LogP) is 4.76. The van der Waals surface area contributed by atoms with Gasteiger partial charge in [0.1, 0.15) is 0 Å². The van der Waals surface area contributed by atoms with Crippen LogP contribution in [0.4, 0.5) is 0 Å². The van der Waals surface area contributed by atoms with Crippen LogP contribution in [0.2, 0.25) is 0 Å². The van der Waals surface area contributed by atoms with E-state index in [0.29, 0.717) is 5.92 Å². The van der Waals surface area contributed by atoms with Gasteiger partial charge in [0, 0.05) is 4.88 Å². The lowest BCUT2D eigenvalue weighted by Gasteiger charge is -2.30. The lowest BCUT2D eigenvalue weighted by molar-refractivity contribution is 0.0757. The van der Waals surface area contributed by atoms with E-state index in [-0.39, 0.29) is 6.10 Å². The highest BCUT2D eigenvalue weighted by Gasteiger charge is 2.27. The summed E-state index contributed by atoms with van der Waals surface area (Å²) >= 11 is 5.12. The van der Waals surface area contributed by atoms with Gasteiger partial charge in [-0.1, -0.05) is 26.2 Å². The number of aliphatic hydroxyl groups excluding tert-OH is 1. The molecule has 0 aliphatic heterocycles. The van der Waals surface area contributed by atoms with Gasteiger partial charge >= 0.3 is 0 Å². The van der Waals surface area contributed by atoms with Crippen molar-refractivity contribution in [1.82, 2.24) is 0 Å². The average molecular weight is 303 g/mol. The quantitative estimate of drug-likeness (QED) is 0.853. The molecule has 1 nitrogen and oxygen atoms in total. The first kappa shape index (κ1) is 12.6. The van der Waals surface area contributed by atoms with Crippen molar-refractivity contribution in [3.8, 4) is 0 Å². The molecule has 90 valence electrons. The minimum Gasteiger partial charge on any atom is -0.387 e. The van der Waals surface area contributed by atoms with Crippen molar-refractivity contribution >= 4 is 27.3 Å². The number of thiophene rings is 1. The van der Waals surface area contributed by atoms with Crippen LogP contribution in [-0.4, -0.2) is 5.11 Å². The molecule has 1 atom stereocenters. The molecular weight excluding hydrogens is 284 g/mol. The minimum absolute atomic E-state index is 0.242. The Labute approximate surface area is 110 Å². The third kappa shape index (κ3) is 2.88. The number of rotatable bonds is 3. The van der Waals surface area contributed by atoms with Crippen LogP contribution >= 0.6 is 27.3 Å². The van der Waals surface area contributed by atoms with Crippen molar-refractivity contribution in [2.24, 2.45) is 11.8 Å². The Bertz CT molecular complexity index is 328. The van der Waals surface area contributed by atoms with Gasteiger partial charge in [-0.25, -0.2) is 0 Å². The van der Waals surface area contributed by atoms with Crippen LogP contribution in [0, 0.1) is 11.8 Å². The predicted molar refractivity (Wildman–Crippen MR) is 72.7 cm³/mol. The zero-order chi connectivity index (χ0) is 11.5. The Balaban J connectivity index is 1.93. The topological polar surface area (TPSA) is 20.2 Å². The molecule has 0 saturated heterocycles. The zero-order valence-electron chi connectivity index (χ0n) is 9.66. The fraction of sp³-hybridized carbons (Fsp3) is 0.692. The van der Waals surface area contributed by atoms with Gasteiger partial charge in [0.15, 0.2) is 0 Å². The summed E-state index contributed by atoms with van der Waals surface area (Å²) in [7, 11) is 0. The van der Waals surface area contributed by atoms with Gasteiger partial charge in [-0.15, -0.1) is 11.3 Å². The number of hydrogen-bond acceptors (Lipinski definition) is 2. The first-order valence-corrected chi connectivity index (χ1v) is 7.75. The van der Waals surface area contributed by atoms with E-state index in [1.807, 2.05) is 12.1 Å². The maximum atomic E-state index is 10.3. The molecule has 16 heavy (non-hydrogen) atoms. The number of hydrogen-bond donors (Lipinski definition) is 1. The normalized spacial score (nSPS) is 27.9. The fourth-order valence-corrected chi connectivity index (χ4v) is 4.14. The Hall–Kier alpha value is 0.140. The van der Waals surface area contributed by atoms with Crippen molar-refractivity contribution in [3.63, 3.8) is 0 Å². The molecule has 1 aliphatic rings. The zero-order valence-corrected chi connectivity index (χ0v) is 12.1. The summed E-state index contributed by atoms with van der Waals surface area (Å²) in [5.74, 6) is 1.38. The van der Waals surface area contributed by atoms with Crippen molar-refractivity contribution in [1.29, 1.82) is 0 Å². The molecule has 1 heterocycles. The van der Waals surface area contributed by atoms with Gasteiger partial charge in [-0.05, 0) is 52.7 Å². The molecule has 1 aromatic heterocycles. The molecule has 0 aromatic carbocycles. The first-order valence-electron chi connectivity index (χ1n) is 6.14. The van der Waals surface area contributed by atoms with E-state index in [0.717, 1.165) is 14.6 Å². The fourth-order valence-electron chi connectivity index (χ4n) is 2.63. The summed E-state index contributed by atoms with van der Waals surface area (Å²) in [5, 5.41) is 10.3. The Morgan fingerprint density at radius 3 is 2.56 bits per heavy atom. The summed E-state index contributed by atoms with van der Waals surface area (Å²) in [6.45, 7) is 2.28. The van der Waals surface area contributed by atoms with Gasteiger partial charge in [-0.3, -0.25) is 0 Å². The van der Waals surface area contributed by atoms with E-state index in [1.165, 1.54) is 32.1 Å². The number of aliphatic hydroxyl groups is 1. The van der Waals surface area contributed by atoms with E-state index < -0.39 is 0 Å². The van der Waals surface area contributed by atoms with Crippen molar-refractivity contribution in [2.75, 3.05) is 0 Å². The summed E-state index contributed by atoms with van der Waals surface area (Å²) < 4.78 is 1.11. The molecule has 1 N–H and O–H groups in total. The summed E-state index contributed by atoms with van der Waals surface area (Å²) in [5.41, 5.74) is 0. The van der Waals surface area contributed by atoms with Gasteiger partial charge < -0.3 is 5.11 Å². The average Bonchev–Trinajstić information content (AvgIpc) is 2.75. The van der Waals surface area contributed by atoms with E-state index in [1.54, 1.807) is 11.3 Å². The van der Waals surface area contributed by atoms with Crippen molar-refractivity contribution < 1.29 is 5.11 Å². The summed E-state index contributed by atoms with van der Waals surface area (Å²) in [6, 6.07) is 4.08. The van der Waals surface area contributed by atoms with Gasteiger partial charge in [0.05, 0.1) is 9.89 Å². The molecule has 0 radical (unpaired) electrons. The SMILES string of the molecule is CCC1CCC(C(O)c2ccc(Br)s2)CC1. The second-order valence-corrected chi connectivity index (χ2v) is 7.27. The van der Waals surface area contributed by atoms with E-state index >= 15 is 0 Å². The monoisotopic (exact) mass is 302 g/mol. The lowest BCUT2D eigenvalue weighted by atomic mass is 9.78. The third-order valence-electron chi connectivity index (χ3n) is 3.80. The van der Waals surface area contributed by atoms with Crippen LogP contribution in [0.1, 0.15) is 50.0 Å². The Kier molecular flexibility index (Phi) is 4.45. The minimum atomic E-state index is -0.242. The van der Waals surface area contributed by atoms with Crippen molar-refractivity contribution in [3.05, 3.63) is 20.8 Å². The number of halogens is 1. The smallest absolute Gasteiger partial charge is 0.0910 e. The second kappa shape index (κ2) is 5.65. The maximum Gasteiger partial charge on any atom is 0.0910 e. The second-order valence-electron chi connectivity index (χ2n) is 4.78. The van der Waals surface area contributed by atoms with Crippen molar-refractivity contribution in [2.45, 2.75) is 45.1 Å². The Morgan fingerprint density at radius 1 is 1.38 bits per heavy atom. The van der Waals surface area contributed by atoms with Crippen LogP contribution in [0.5, 0.6) is 0 Å². The Morgan fingerprint density at radius 2 is 2.06 bits per heavy atom. The summed E-state index contributed by atoms with van der Waals surface area (Å²) in [6.07, 6.45) is 6.03. The van der Waals surface area contributed by atoms with E-state index in [9.17, 15) is 5.11 Å². The standard InChI is InChI=1S/C13H19BrOS/c1-2-9-3-5-10(6-4-9)13(15)11-7-8-12(14)16-11/h7-10,13,15H,2-6H2,1H3. The molecule has 2 rings (SSSR count). The molecule has 1 aromatic rings. The molecule has 0 spiro atoms. The van der Waals surface area contributed by atoms with E-state index in [4.69, 9.17) is 0 Å². The van der Waals surface area contributed by atoms with Crippen LogP contribution < -0.4 is 0 Å². The maximum absolute atomic E-state index is 10.3. The van der Waals surface area contributed by atoms with Crippen LogP contribution in [-0.2, 0) is 0 Å². The first-order chi connectivity index (χ1) is 7.70. The third-order valence-corrected chi connectivity index (χ3v) is 5.50. The lowest BCUT2D eigenvalue weighted by Crippen LogP contribution is -2.19. The molecule has 3 heteroatoms. The molecule has 0 bridgehead atoms. The molecule has 1 aliphatic carbocycles. The van der Waals surface area contributed by atoms with E-state index in [2.05, 4.69) is 22.9 Å². The largest absolute Gasteiger partial charge is 0.387 e. The highest BCUT2D eigenvalue weighted by atomic mass is 79.9. The van der Waals surface area contributed by atoms with Gasteiger partial charge in [0.25, 0.3) is 0 Å². The molecule has 0 amide bonds. The van der Waals surface area contributed by atoms with Crippen LogP contribution in [0.15, 0.2) is 15.9 Å². The molecule has 1 fully saturated rings. The van der Waals surface area contributed by atoms with Gasteiger partial charge in [-0.2, -0.15) is 0 Å². The molecular formula is C13H19BrOS. The molecule has 1 unspecified atom stereocenters. The van der Waals surface area contributed by atoms with Crippen LogP contribution in [0.25, 0.3) is 0 Å². The summed E-state index contributed by atoms with van der Waals surface area (Å²) in [4.78, 5) is 1.12. The van der Waals surface area contributed by atoms with Crippen LogP contribution in [0.3, 0.4) is 0 Å². The molecule has 1 saturated carbocycles. The van der Waals surface area contributed by atoms with Gasteiger partial charge in [0.2, 0.25) is 0 Å².